The van der Waals surface area contributed by atoms with E-state index in [-0.39, 0.29) is 11.8 Å². The second-order valence-electron chi connectivity index (χ2n) is 7.85. The molecule has 3 aliphatic heterocycles. The molecule has 0 radical (unpaired) electrons. The number of hydrogen-bond donors (Lipinski definition) is 0. The summed E-state index contributed by atoms with van der Waals surface area (Å²) >= 11 is 0. The number of anilines is 1. The summed E-state index contributed by atoms with van der Waals surface area (Å²) in [6, 6.07) is 5.22. The number of aryl methyl sites for hydroxylation is 1. The summed E-state index contributed by atoms with van der Waals surface area (Å²) in [5, 5.41) is 9.28. The van der Waals surface area contributed by atoms with Crippen LogP contribution in [-0.2, 0) is 14.3 Å². The summed E-state index contributed by atoms with van der Waals surface area (Å²) in [5.74, 6) is -1.08. The Labute approximate surface area is 149 Å². The number of amides is 2. The number of aromatic nitrogens is 1. The molecule has 4 atom stereocenters. The fraction of sp³-hybridized carbons (Fsp3) is 0.474. The summed E-state index contributed by atoms with van der Waals surface area (Å²) in [6.07, 6.45) is 1.53. The Balaban J connectivity index is 1.70. The number of benzene rings is 1. The maximum Gasteiger partial charge on any atom is 0.240 e. The standard InChI is InChI=1S/C19H17N3O4/c1-9-21-14-11(5-4-10(8-20)15(14)25-9)22-16(23)12-13(17(22)24)19(3)7-6-18(12,2)26-19/h4-5,12-13H,6-7H2,1-3H3/t12-,13+,18-,19+. The lowest BCUT2D eigenvalue weighted by molar-refractivity contribution is -0.129. The molecule has 132 valence electrons. The first-order valence-corrected chi connectivity index (χ1v) is 8.67. The van der Waals surface area contributed by atoms with E-state index in [2.05, 4.69) is 11.1 Å². The number of carbonyl (C=O) groups is 2. The van der Waals surface area contributed by atoms with Crippen LogP contribution in [0.25, 0.3) is 11.1 Å². The topological polar surface area (TPSA) is 96.4 Å². The highest BCUT2D eigenvalue weighted by Gasteiger charge is 2.72. The molecule has 2 bridgehead atoms. The lowest BCUT2D eigenvalue weighted by Gasteiger charge is -2.27. The van der Waals surface area contributed by atoms with Crippen LogP contribution >= 0.6 is 0 Å². The lowest BCUT2D eigenvalue weighted by Crippen LogP contribution is -2.40. The van der Waals surface area contributed by atoms with Crippen molar-refractivity contribution in [2.24, 2.45) is 11.8 Å². The summed E-state index contributed by atoms with van der Waals surface area (Å²) in [4.78, 5) is 32.0. The average Bonchev–Trinajstić information content (AvgIpc) is 3.25. The van der Waals surface area contributed by atoms with E-state index in [9.17, 15) is 14.9 Å². The van der Waals surface area contributed by atoms with Gasteiger partial charge in [0.15, 0.2) is 11.5 Å². The van der Waals surface area contributed by atoms with Gasteiger partial charge in [0, 0.05) is 6.92 Å². The molecule has 7 nitrogen and oxygen atoms in total. The molecular weight excluding hydrogens is 334 g/mol. The number of hydrogen-bond acceptors (Lipinski definition) is 6. The van der Waals surface area contributed by atoms with Crippen molar-refractivity contribution in [3.05, 3.63) is 23.6 Å². The molecule has 3 saturated heterocycles. The Hall–Kier alpha value is -2.72. The molecule has 0 spiro atoms. The van der Waals surface area contributed by atoms with Crippen LogP contribution in [-0.4, -0.2) is 28.0 Å². The van der Waals surface area contributed by atoms with Crippen molar-refractivity contribution < 1.29 is 18.7 Å². The predicted octanol–water partition coefficient (Wildman–Crippen LogP) is 2.45. The fourth-order valence-corrected chi connectivity index (χ4v) is 5.07. The predicted molar refractivity (Wildman–Crippen MR) is 90.1 cm³/mol. The molecule has 0 saturated carbocycles. The number of nitriles is 1. The van der Waals surface area contributed by atoms with Gasteiger partial charge in [0.2, 0.25) is 11.8 Å². The lowest BCUT2D eigenvalue weighted by atomic mass is 9.69. The van der Waals surface area contributed by atoms with Crippen LogP contribution in [0.4, 0.5) is 5.69 Å². The molecular formula is C19H17N3O4. The number of oxazole rings is 1. The third kappa shape index (κ3) is 1.63. The second kappa shape index (κ2) is 4.51. The van der Waals surface area contributed by atoms with Crippen LogP contribution in [0.5, 0.6) is 0 Å². The van der Waals surface area contributed by atoms with E-state index in [0.29, 0.717) is 28.2 Å². The van der Waals surface area contributed by atoms with Crippen LogP contribution < -0.4 is 4.90 Å². The van der Waals surface area contributed by atoms with Crippen molar-refractivity contribution in [1.29, 1.82) is 5.26 Å². The van der Waals surface area contributed by atoms with E-state index in [1.807, 2.05) is 13.8 Å². The maximum absolute atomic E-state index is 13.2. The van der Waals surface area contributed by atoms with Crippen molar-refractivity contribution in [2.45, 2.75) is 44.8 Å². The van der Waals surface area contributed by atoms with E-state index in [1.54, 1.807) is 19.1 Å². The molecule has 0 aliphatic carbocycles. The molecule has 26 heavy (non-hydrogen) atoms. The van der Waals surface area contributed by atoms with E-state index in [1.165, 1.54) is 4.90 Å². The zero-order chi connectivity index (χ0) is 18.4. The number of rotatable bonds is 1. The van der Waals surface area contributed by atoms with Crippen LogP contribution in [0.15, 0.2) is 16.5 Å². The van der Waals surface area contributed by atoms with Crippen LogP contribution in [0.3, 0.4) is 0 Å². The van der Waals surface area contributed by atoms with Crippen LogP contribution in [0.1, 0.15) is 38.1 Å². The molecule has 2 aromatic rings. The summed E-state index contributed by atoms with van der Waals surface area (Å²) in [5.41, 5.74) is 0.167. The highest BCUT2D eigenvalue weighted by Crippen LogP contribution is 2.61. The van der Waals surface area contributed by atoms with Crippen molar-refractivity contribution in [1.82, 2.24) is 4.98 Å². The van der Waals surface area contributed by atoms with Crippen LogP contribution in [0, 0.1) is 30.1 Å². The molecule has 3 fully saturated rings. The first kappa shape index (κ1) is 15.5. The van der Waals surface area contributed by atoms with Gasteiger partial charge in [0.25, 0.3) is 0 Å². The van der Waals surface area contributed by atoms with Crippen molar-refractivity contribution in [2.75, 3.05) is 4.90 Å². The Morgan fingerprint density at radius 2 is 1.81 bits per heavy atom. The Morgan fingerprint density at radius 3 is 2.38 bits per heavy atom. The molecule has 7 heteroatoms. The minimum atomic E-state index is -0.605. The van der Waals surface area contributed by atoms with Gasteiger partial charge in [-0.05, 0) is 38.8 Å². The van der Waals surface area contributed by atoms with Gasteiger partial charge in [-0.2, -0.15) is 5.26 Å². The normalized spacial score (nSPS) is 35.4. The van der Waals surface area contributed by atoms with Gasteiger partial charge in [0.1, 0.15) is 11.6 Å². The number of nitrogens with zero attached hydrogens (tertiary/aromatic N) is 3. The van der Waals surface area contributed by atoms with E-state index in [4.69, 9.17) is 9.15 Å². The third-order valence-electron chi connectivity index (χ3n) is 6.20. The smallest absolute Gasteiger partial charge is 0.240 e. The second-order valence-corrected chi connectivity index (χ2v) is 7.85. The SMILES string of the molecule is Cc1nc2c(N3C(=O)[C@@H]4[C@H](C3=O)[C@@]3(C)CC[C@]4(C)O3)ccc(C#N)c2o1. The molecule has 0 N–H and O–H groups in total. The Morgan fingerprint density at radius 1 is 1.19 bits per heavy atom. The van der Waals surface area contributed by atoms with E-state index in [0.717, 1.165) is 12.8 Å². The van der Waals surface area contributed by atoms with Crippen molar-refractivity contribution >= 4 is 28.6 Å². The molecule has 0 unspecified atom stereocenters. The molecule has 1 aromatic heterocycles. The molecule has 5 rings (SSSR count). The van der Waals surface area contributed by atoms with Crippen molar-refractivity contribution in [3.63, 3.8) is 0 Å². The zero-order valence-corrected chi connectivity index (χ0v) is 14.7. The number of fused-ring (bicyclic) bond motifs is 6. The van der Waals surface area contributed by atoms with Gasteiger partial charge in [-0.3, -0.25) is 9.59 Å². The molecule has 4 heterocycles. The minimum Gasteiger partial charge on any atom is -0.440 e. The Bertz CT molecular complexity index is 1020. The molecule has 1 aromatic carbocycles. The van der Waals surface area contributed by atoms with Crippen LogP contribution in [0.2, 0.25) is 0 Å². The van der Waals surface area contributed by atoms with Gasteiger partial charge < -0.3 is 9.15 Å². The summed E-state index contributed by atoms with van der Waals surface area (Å²) in [6.45, 7) is 5.52. The first-order valence-electron chi connectivity index (χ1n) is 8.67. The number of ether oxygens (including phenoxy) is 1. The highest BCUT2D eigenvalue weighted by atomic mass is 16.5. The average molecular weight is 351 g/mol. The van der Waals surface area contributed by atoms with E-state index >= 15 is 0 Å². The fourth-order valence-electron chi connectivity index (χ4n) is 5.07. The molecule has 3 aliphatic rings. The van der Waals surface area contributed by atoms with Gasteiger partial charge in [-0.1, -0.05) is 0 Å². The number of imide groups is 1. The van der Waals surface area contributed by atoms with Gasteiger partial charge in [0.05, 0.1) is 34.3 Å². The van der Waals surface area contributed by atoms with E-state index < -0.39 is 23.0 Å². The zero-order valence-electron chi connectivity index (χ0n) is 14.7. The Kier molecular flexibility index (Phi) is 2.70. The largest absolute Gasteiger partial charge is 0.440 e. The summed E-state index contributed by atoms with van der Waals surface area (Å²) < 4.78 is 11.7. The highest BCUT2D eigenvalue weighted by molar-refractivity contribution is 6.25. The molecule has 2 amide bonds. The summed E-state index contributed by atoms with van der Waals surface area (Å²) in [7, 11) is 0. The van der Waals surface area contributed by atoms with Crippen molar-refractivity contribution in [3.8, 4) is 6.07 Å². The maximum atomic E-state index is 13.2. The monoisotopic (exact) mass is 351 g/mol. The minimum absolute atomic E-state index is 0.252. The van der Waals surface area contributed by atoms with Gasteiger partial charge in [-0.15, -0.1) is 0 Å². The van der Waals surface area contributed by atoms with Gasteiger partial charge >= 0.3 is 0 Å². The first-order chi connectivity index (χ1) is 12.3. The van der Waals surface area contributed by atoms with Gasteiger partial charge in [-0.25, -0.2) is 9.88 Å². The quantitative estimate of drug-likeness (QED) is 0.732. The number of carbonyl (C=O) groups excluding carboxylic acids is 2. The third-order valence-corrected chi connectivity index (χ3v) is 6.20.